The Kier molecular flexibility index (Phi) is 1.56. The van der Waals surface area contributed by atoms with Crippen molar-refractivity contribution in [3.63, 3.8) is 0 Å². The Labute approximate surface area is 106 Å². The van der Waals surface area contributed by atoms with Crippen molar-refractivity contribution in [3.8, 4) is 0 Å². The first kappa shape index (κ1) is 9.31. The van der Waals surface area contributed by atoms with E-state index in [2.05, 4.69) is 14.8 Å². The van der Waals surface area contributed by atoms with E-state index < -0.39 is 0 Å². The molecule has 4 unspecified atom stereocenters. The molecule has 1 heterocycles. The van der Waals surface area contributed by atoms with Gasteiger partial charge >= 0.3 is 0 Å². The molecule has 5 rings (SSSR count). The summed E-state index contributed by atoms with van der Waals surface area (Å²) in [6, 6.07) is 0.725. The lowest BCUT2D eigenvalue weighted by molar-refractivity contribution is 0.443. The second kappa shape index (κ2) is 2.85. The highest BCUT2D eigenvalue weighted by Gasteiger charge is 2.66. The van der Waals surface area contributed by atoms with Gasteiger partial charge in [-0.25, -0.2) is 0 Å². The summed E-state index contributed by atoms with van der Waals surface area (Å²) in [6.07, 6.45) is 7.09. The van der Waals surface area contributed by atoms with Crippen molar-refractivity contribution < 1.29 is 0 Å². The molecule has 2 bridgehead atoms. The summed E-state index contributed by atoms with van der Waals surface area (Å²) in [5.41, 5.74) is 0. The Morgan fingerprint density at radius 1 is 1.12 bits per heavy atom. The van der Waals surface area contributed by atoms with Gasteiger partial charge in [-0.1, -0.05) is 0 Å². The molecule has 4 atom stereocenters. The molecule has 4 fully saturated rings. The number of hydrogen-bond acceptors (Lipinski definition) is 2. The van der Waals surface area contributed by atoms with Crippen LogP contribution in [-0.4, -0.2) is 14.8 Å². The van der Waals surface area contributed by atoms with E-state index in [-0.39, 0.29) is 0 Å². The van der Waals surface area contributed by atoms with Crippen molar-refractivity contribution in [1.29, 1.82) is 0 Å². The van der Waals surface area contributed by atoms with Crippen molar-refractivity contribution in [2.75, 3.05) is 0 Å². The molecule has 1 N–H and O–H groups in total. The molecule has 90 valence electrons. The molecule has 1 aromatic rings. The number of nitrogens with zero attached hydrogens (tertiary/aromatic N) is 2. The van der Waals surface area contributed by atoms with Gasteiger partial charge < -0.3 is 4.57 Å². The Bertz CT molecular complexity index is 525. The second-order valence-electron chi connectivity index (χ2n) is 6.51. The van der Waals surface area contributed by atoms with E-state index >= 15 is 0 Å². The van der Waals surface area contributed by atoms with Crippen LogP contribution in [-0.2, 0) is 0 Å². The average molecular weight is 247 g/mol. The van der Waals surface area contributed by atoms with E-state index in [0.29, 0.717) is 5.92 Å². The first-order valence-electron chi connectivity index (χ1n) is 7.01. The van der Waals surface area contributed by atoms with Crippen molar-refractivity contribution in [2.24, 2.45) is 23.7 Å². The lowest BCUT2D eigenvalue weighted by Crippen LogP contribution is -2.08. The number of aromatic amines is 1. The molecular formula is C13H17N3S. The number of aromatic nitrogens is 3. The fraction of sp³-hybridized carbons (Fsp3) is 0.846. The Hall–Kier alpha value is -0.640. The van der Waals surface area contributed by atoms with E-state index in [1.807, 2.05) is 0 Å². The minimum Gasteiger partial charge on any atom is -0.300 e. The quantitative estimate of drug-likeness (QED) is 0.815. The van der Waals surface area contributed by atoms with Crippen LogP contribution >= 0.6 is 12.2 Å². The van der Waals surface area contributed by atoms with Crippen molar-refractivity contribution in [3.05, 3.63) is 10.6 Å². The average Bonchev–Trinajstić information content (AvgIpc) is 3.20. The van der Waals surface area contributed by atoms with Crippen LogP contribution in [0.4, 0.5) is 0 Å². The van der Waals surface area contributed by atoms with Gasteiger partial charge in [-0.2, -0.15) is 5.10 Å². The first-order chi connectivity index (χ1) is 8.34. The number of H-pyrrole nitrogens is 1. The normalized spacial score (nSPS) is 46.2. The molecule has 0 amide bonds. The van der Waals surface area contributed by atoms with Gasteiger partial charge in [0.25, 0.3) is 0 Å². The van der Waals surface area contributed by atoms with Gasteiger partial charge in [-0.15, -0.1) is 0 Å². The van der Waals surface area contributed by atoms with Crippen LogP contribution in [0.25, 0.3) is 0 Å². The highest BCUT2D eigenvalue weighted by atomic mass is 32.1. The van der Waals surface area contributed by atoms with Crippen molar-refractivity contribution in [2.45, 2.75) is 44.1 Å². The zero-order chi connectivity index (χ0) is 11.1. The van der Waals surface area contributed by atoms with E-state index in [0.717, 1.165) is 34.5 Å². The minimum absolute atomic E-state index is 0.710. The molecule has 1 aromatic heterocycles. The van der Waals surface area contributed by atoms with Gasteiger partial charge in [-0.3, -0.25) is 5.10 Å². The zero-order valence-corrected chi connectivity index (χ0v) is 10.6. The van der Waals surface area contributed by atoms with E-state index in [1.165, 1.54) is 37.9 Å². The van der Waals surface area contributed by atoms with Crippen molar-refractivity contribution >= 4 is 12.2 Å². The predicted molar refractivity (Wildman–Crippen MR) is 66.2 cm³/mol. The van der Waals surface area contributed by atoms with Crippen LogP contribution in [0.5, 0.6) is 0 Å². The number of fused-ring (bicyclic) bond motifs is 5. The highest BCUT2D eigenvalue weighted by Crippen LogP contribution is 2.71. The van der Waals surface area contributed by atoms with E-state index in [1.54, 1.807) is 0 Å². The fourth-order valence-corrected chi connectivity index (χ4v) is 5.12. The van der Waals surface area contributed by atoms with Crippen LogP contribution in [0.3, 0.4) is 0 Å². The predicted octanol–water partition coefficient (Wildman–Crippen LogP) is 3.04. The zero-order valence-electron chi connectivity index (χ0n) is 9.80. The molecule has 4 heteroatoms. The third kappa shape index (κ3) is 1.08. The Balaban J connectivity index is 1.57. The Morgan fingerprint density at radius 2 is 1.82 bits per heavy atom. The van der Waals surface area contributed by atoms with Gasteiger partial charge in [0.05, 0.1) is 0 Å². The molecule has 0 radical (unpaired) electrons. The molecule has 4 saturated carbocycles. The van der Waals surface area contributed by atoms with Gasteiger partial charge in [-0.05, 0) is 68.0 Å². The summed E-state index contributed by atoms with van der Waals surface area (Å²) in [7, 11) is 0. The molecule has 0 saturated heterocycles. The minimum atomic E-state index is 0.710. The van der Waals surface area contributed by atoms with E-state index in [9.17, 15) is 0 Å². The summed E-state index contributed by atoms with van der Waals surface area (Å²) in [6.45, 7) is 0. The molecule has 17 heavy (non-hydrogen) atoms. The maximum atomic E-state index is 5.46. The highest BCUT2D eigenvalue weighted by molar-refractivity contribution is 7.71. The molecule has 3 nitrogen and oxygen atoms in total. The van der Waals surface area contributed by atoms with Gasteiger partial charge in [0.1, 0.15) is 5.82 Å². The van der Waals surface area contributed by atoms with Crippen LogP contribution < -0.4 is 0 Å². The number of hydrogen-bond donors (Lipinski definition) is 1. The third-order valence-corrected chi connectivity index (χ3v) is 5.96. The molecule has 0 spiro atoms. The second-order valence-corrected chi connectivity index (χ2v) is 6.90. The lowest BCUT2D eigenvalue weighted by atomic mass is 10.0. The molecule has 0 aliphatic heterocycles. The van der Waals surface area contributed by atoms with Gasteiger partial charge in [0.15, 0.2) is 4.77 Å². The topological polar surface area (TPSA) is 33.6 Å². The lowest BCUT2D eigenvalue weighted by Gasteiger charge is -2.11. The molecular weight excluding hydrogens is 230 g/mol. The van der Waals surface area contributed by atoms with E-state index in [4.69, 9.17) is 12.2 Å². The fourth-order valence-electron chi connectivity index (χ4n) is 4.86. The smallest absolute Gasteiger partial charge is 0.195 e. The summed E-state index contributed by atoms with van der Waals surface area (Å²) < 4.78 is 3.29. The molecule has 4 aliphatic rings. The summed E-state index contributed by atoms with van der Waals surface area (Å²) in [4.78, 5) is 0. The SMILES string of the molecule is S=c1[nH]nc(C2CC2)n1C1C2C3CCC(C3)C21. The molecule has 4 aliphatic carbocycles. The third-order valence-electron chi connectivity index (χ3n) is 5.67. The van der Waals surface area contributed by atoms with Gasteiger partial charge in [0, 0.05) is 12.0 Å². The maximum absolute atomic E-state index is 5.46. The van der Waals surface area contributed by atoms with Gasteiger partial charge in [0.2, 0.25) is 0 Å². The van der Waals surface area contributed by atoms with Crippen LogP contribution in [0.15, 0.2) is 0 Å². The number of rotatable bonds is 2. The summed E-state index contributed by atoms with van der Waals surface area (Å²) in [5, 5.41) is 7.52. The monoisotopic (exact) mass is 247 g/mol. The van der Waals surface area contributed by atoms with Crippen LogP contribution in [0.1, 0.15) is 49.9 Å². The Morgan fingerprint density at radius 3 is 2.47 bits per heavy atom. The molecule has 0 aromatic carbocycles. The first-order valence-corrected chi connectivity index (χ1v) is 7.42. The van der Waals surface area contributed by atoms with Crippen molar-refractivity contribution in [1.82, 2.24) is 14.8 Å². The standard InChI is InChI=1S/C13H17N3S/c17-13-15-14-12(6-1-2-6)16(13)11-9-7-3-4-8(5-7)10(9)11/h6-11H,1-5H2,(H,15,17). The summed E-state index contributed by atoms with van der Waals surface area (Å²) in [5.74, 6) is 5.92. The largest absolute Gasteiger partial charge is 0.300 e. The maximum Gasteiger partial charge on any atom is 0.195 e. The van der Waals surface area contributed by atoms with Crippen LogP contribution in [0, 0.1) is 28.4 Å². The summed E-state index contributed by atoms with van der Waals surface area (Å²) >= 11 is 5.46. The van der Waals surface area contributed by atoms with Crippen LogP contribution in [0.2, 0.25) is 0 Å². The number of nitrogens with one attached hydrogen (secondary N) is 1.